The van der Waals surface area contributed by atoms with Crippen molar-refractivity contribution in [3.63, 3.8) is 0 Å². The van der Waals surface area contributed by atoms with E-state index in [9.17, 15) is 0 Å². The van der Waals surface area contributed by atoms with Crippen LogP contribution in [0.1, 0.15) is 37.0 Å². The van der Waals surface area contributed by atoms with Crippen LogP contribution in [-0.4, -0.2) is 21.9 Å². The van der Waals surface area contributed by atoms with Crippen molar-refractivity contribution in [3.8, 4) is 5.75 Å². The third kappa shape index (κ3) is 2.61. The molecule has 1 unspecified atom stereocenters. The molecular formula is C14H20N4O. The fourth-order valence-electron chi connectivity index (χ4n) is 2.11. The Hall–Kier alpha value is -1.88. The molecule has 0 bridgehead atoms. The summed E-state index contributed by atoms with van der Waals surface area (Å²) in [7, 11) is 1.63. The Morgan fingerprint density at radius 3 is 2.84 bits per heavy atom. The SMILES string of the molecule is CCc1cc(C(N)c2ncccc2OC)n(CC)n1. The highest BCUT2D eigenvalue weighted by Gasteiger charge is 2.20. The van der Waals surface area contributed by atoms with E-state index in [1.165, 1.54) is 0 Å². The first-order valence-electron chi connectivity index (χ1n) is 6.52. The Morgan fingerprint density at radius 1 is 1.42 bits per heavy atom. The number of aromatic nitrogens is 3. The molecule has 0 aliphatic heterocycles. The minimum atomic E-state index is -0.330. The van der Waals surface area contributed by atoms with Crippen LogP contribution in [0, 0.1) is 0 Å². The maximum Gasteiger partial charge on any atom is 0.142 e. The average Bonchev–Trinajstić information content (AvgIpc) is 2.89. The van der Waals surface area contributed by atoms with E-state index in [2.05, 4.69) is 23.9 Å². The van der Waals surface area contributed by atoms with Crippen molar-refractivity contribution >= 4 is 0 Å². The molecule has 0 radical (unpaired) electrons. The summed E-state index contributed by atoms with van der Waals surface area (Å²) < 4.78 is 7.25. The second-order valence-electron chi connectivity index (χ2n) is 4.30. The topological polar surface area (TPSA) is 66.0 Å². The molecule has 19 heavy (non-hydrogen) atoms. The Balaban J connectivity index is 2.43. The van der Waals surface area contributed by atoms with E-state index in [-0.39, 0.29) is 6.04 Å². The number of nitrogens with two attached hydrogens (primary N) is 1. The van der Waals surface area contributed by atoms with Crippen LogP contribution in [0.2, 0.25) is 0 Å². The third-order valence-corrected chi connectivity index (χ3v) is 3.16. The Morgan fingerprint density at radius 2 is 2.21 bits per heavy atom. The molecule has 2 aromatic rings. The van der Waals surface area contributed by atoms with Crippen molar-refractivity contribution in [2.75, 3.05) is 7.11 Å². The van der Waals surface area contributed by atoms with Crippen LogP contribution >= 0.6 is 0 Å². The minimum Gasteiger partial charge on any atom is -0.495 e. The van der Waals surface area contributed by atoms with Crippen molar-refractivity contribution < 1.29 is 4.74 Å². The average molecular weight is 260 g/mol. The quantitative estimate of drug-likeness (QED) is 0.892. The van der Waals surface area contributed by atoms with Gasteiger partial charge in [0.15, 0.2) is 0 Å². The summed E-state index contributed by atoms with van der Waals surface area (Å²) in [4.78, 5) is 4.35. The van der Waals surface area contributed by atoms with Crippen LogP contribution in [0.5, 0.6) is 5.75 Å². The van der Waals surface area contributed by atoms with Gasteiger partial charge in [0.2, 0.25) is 0 Å². The summed E-state index contributed by atoms with van der Waals surface area (Å²) in [5, 5.41) is 4.52. The zero-order valence-corrected chi connectivity index (χ0v) is 11.6. The van der Waals surface area contributed by atoms with Gasteiger partial charge in [0.1, 0.15) is 11.4 Å². The standard InChI is InChI=1S/C14H20N4O/c1-4-10-9-11(18(5-2)17-10)13(15)14-12(19-3)7-6-8-16-14/h6-9,13H,4-5,15H2,1-3H3. The Labute approximate surface area is 113 Å². The molecule has 0 aromatic carbocycles. The maximum atomic E-state index is 6.33. The highest BCUT2D eigenvalue weighted by Crippen LogP contribution is 2.26. The normalized spacial score (nSPS) is 12.4. The third-order valence-electron chi connectivity index (χ3n) is 3.16. The number of hydrogen-bond donors (Lipinski definition) is 1. The molecule has 2 N–H and O–H groups in total. The summed E-state index contributed by atoms with van der Waals surface area (Å²) >= 11 is 0. The lowest BCUT2D eigenvalue weighted by Crippen LogP contribution is -2.19. The molecule has 0 saturated heterocycles. The molecule has 0 amide bonds. The number of aryl methyl sites for hydroxylation is 2. The molecule has 2 heterocycles. The van der Waals surface area contributed by atoms with E-state index in [4.69, 9.17) is 10.5 Å². The Kier molecular flexibility index (Phi) is 4.16. The van der Waals surface area contributed by atoms with Gasteiger partial charge in [0.05, 0.1) is 24.5 Å². The summed E-state index contributed by atoms with van der Waals surface area (Å²) in [6.07, 6.45) is 2.62. The lowest BCUT2D eigenvalue weighted by Gasteiger charge is -2.15. The molecule has 102 valence electrons. The smallest absolute Gasteiger partial charge is 0.142 e. The van der Waals surface area contributed by atoms with Crippen LogP contribution in [-0.2, 0) is 13.0 Å². The number of nitrogens with zero attached hydrogens (tertiary/aromatic N) is 3. The van der Waals surface area contributed by atoms with Crippen LogP contribution in [0.4, 0.5) is 0 Å². The van der Waals surface area contributed by atoms with Crippen molar-refractivity contribution in [1.29, 1.82) is 0 Å². The van der Waals surface area contributed by atoms with Gasteiger partial charge in [-0.3, -0.25) is 9.67 Å². The second kappa shape index (κ2) is 5.84. The van der Waals surface area contributed by atoms with Gasteiger partial charge in [-0.15, -0.1) is 0 Å². The van der Waals surface area contributed by atoms with Gasteiger partial charge >= 0.3 is 0 Å². The van der Waals surface area contributed by atoms with Gasteiger partial charge in [0, 0.05) is 12.7 Å². The molecule has 0 aliphatic rings. The molecule has 2 aromatic heterocycles. The molecule has 5 heteroatoms. The van der Waals surface area contributed by atoms with Gasteiger partial charge in [0.25, 0.3) is 0 Å². The molecule has 0 spiro atoms. The van der Waals surface area contributed by atoms with E-state index >= 15 is 0 Å². The molecule has 0 fully saturated rings. The first kappa shape index (κ1) is 13.5. The summed E-state index contributed by atoms with van der Waals surface area (Å²) in [5.74, 6) is 0.705. The van der Waals surface area contributed by atoms with Crippen LogP contribution < -0.4 is 10.5 Å². The largest absolute Gasteiger partial charge is 0.495 e. The highest BCUT2D eigenvalue weighted by molar-refractivity contribution is 5.34. The van der Waals surface area contributed by atoms with Gasteiger partial charge in [-0.2, -0.15) is 5.10 Å². The van der Waals surface area contributed by atoms with E-state index in [1.807, 2.05) is 22.9 Å². The fourth-order valence-corrected chi connectivity index (χ4v) is 2.11. The van der Waals surface area contributed by atoms with Crippen molar-refractivity contribution in [2.45, 2.75) is 32.9 Å². The number of pyridine rings is 1. The van der Waals surface area contributed by atoms with E-state index in [0.29, 0.717) is 5.75 Å². The zero-order valence-electron chi connectivity index (χ0n) is 11.6. The van der Waals surface area contributed by atoms with E-state index < -0.39 is 0 Å². The van der Waals surface area contributed by atoms with Crippen LogP contribution in [0.3, 0.4) is 0 Å². The molecule has 5 nitrogen and oxygen atoms in total. The highest BCUT2D eigenvalue weighted by atomic mass is 16.5. The molecule has 2 rings (SSSR count). The van der Waals surface area contributed by atoms with Crippen LogP contribution in [0.15, 0.2) is 24.4 Å². The minimum absolute atomic E-state index is 0.330. The summed E-state index contributed by atoms with van der Waals surface area (Å²) in [6, 6.07) is 5.42. The van der Waals surface area contributed by atoms with Crippen LogP contribution in [0.25, 0.3) is 0 Å². The number of hydrogen-bond acceptors (Lipinski definition) is 4. The first-order valence-corrected chi connectivity index (χ1v) is 6.52. The second-order valence-corrected chi connectivity index (χ2v) is 4.30. The lowest BCUT2D eigenvalue weighted by atomic mass is 10.1. The van der Waals surface area contributed by atoms with Gasteiger partial charge in [-0.25, -0.2) is 0 Å². The monoisotopic (exact) mass is 260 g/mol. The predicted octanol–water partition coefficient (Wildman–Crippen LogP) is 1.92. The summed E-state index contributed by atoms with van der Waals surface area (Å²) in [6.45, 7) is 4.93. The van der Waals surface area contributed by atoms with Crippen molar-refractivity contribution in [2.24, 2.45) is 5.73 Å². The van der Waals surface area contributed by atoms with Crippen molar-refractivity contribution in [3.05, 3.63) is 41.5 Å². The maximum absolute atomic E-state index is 6.33. The number of ether oxygens (including phenoxy) is 1. The predicted molar refractivity (Wildman–Crippen MR) is 74.1 cm³/mol. The summed E-state index contributed by atoms with van der Waals surface area (Å²) in [5.41, 5.74) is 9.08. The number of rotatable bonds is 5. The molecule has 0 saturated carbocycles. The van der Waals surface area contributed by atoms with Gasteiger partial charge in [-0.05, 0) is 31.5 Å². The fraction of sp³-hybridized carbons (Fsp3) is 0.429. The molecular weight excluding hydrogens is 240 g/mol. The van der Waals surface area contributed by atoms with Crippen molar-refractivity contribution in [1.82, 2.24) is 14.8 Å². The van der Waals surface area contributed by atoms with Gasteiger partial charge < -0.3 is 10.5 Å². The Bertz CT molecular complexity index is 550. The molecule has 0 aliphatic carbocycles. The first-order chi connectivity index (χ1) is 9.21. The van der Waals surface area contributed by atoms with Gasteiger partial charge in [-0.1, -0.05) is 6.92 Å². The number of methoxy groups -OCH3 is 1. The zero-order chi connectivity index (χ0) is 13.8. The van der Waals surface area contributed by atoms with E-state index in [1.54, 1.807) is 13.3 Å². The molecule has 1 atom stereocenters. The lowest BCUT2D eigenvalue weighted by molar-refractivity contribution is 0.403. The van der Waals surface area contributed by atoms with E-state index in [0.717, 1.165) is 30.0 Å².